The van der Waals surface area contributed by atoms with Crippen LogP contribution in [-0.2, 0) is 27.4 Å². The summed E-state index contributed by atoms with van der Waals surface area (Å²) in [4.78, 5) is 42.2. The Labute approximate surface area is 361 Å². The van der Waals surface area contributed by atoms with Crippen LogP contribution in [0, 0.1) is 34.5 Å². The van der Waals surface area contributed by atoms with E-state index in [9.17, 15) is 24.6 Å². The van der Waals surface area contributed by atoms with Gasteiger partial charge < -0.3 is 25.2 Å². The zero-order chi connectivity index (χ0) is 43.2. The number of likely N-dealkylation sites (tertiary alicyclic amines) is 3. The number of benzene rings is 2. The fraction of sp³-hybridized carbons (Fsp3) is 0.596. The van der Waals surface area contributed by atoms with Crippen LogP contribution in [0.4, 0.5) is 4.79 Å². The summed E-state index contributed by atoms with van der Waals surface area (Å²) >= 11 is 12.9. The molecule has 0 saturated carbocycles. The maximum atomic E-state index is 12.5. The molecule has 3 N–H and O–H groups in total. The Balaban J connectivity index is 0.000000230. The summed E-state index contributed by atoms with van der Waals surface area (Å²) in [5.41, 5.74) is 1.15. The first-order valence-electron chi connectivity index (χ1n) is 20.9. The van der Waals surface area contributed by atoms with Crippen molar-refractivity contribution in [1.29, 1.82) is 0 Å². The van der Waals surface area contributed by atoms with Crippen LogP contribution >= 0.6 is 23.2 Å². The number of amides is 1. The minimum atomic E-state index is -1.15. The molecule has 0 bridgehead atoms. The molecule has 320 valence electrons. The van der Waals surface area contributed by atoms with Gasteiger partial charge in [0.1, 0.15) is 16.4 Å². The van der Waals surface area contributed by atoms with E-state index in [0.29, 0.717) is 40.8 Å². The Morgan fingerprint density at radius 2 is 1.10 bits per heavy atom. The monoisotopic (exact) mass is 848 g/mol. The van der Waals surface area contributed by atoms with Crippen LogP contribution in [0.5, 0.6) is 0 Å². The number of carboxylic acid groups (broad SMARTS) is 2. The zero-order valence-electron chi connectivity index (χ0n) is 35.9. The van der Waals surface area contributed by atoms with Crippen molar-refractivity contribution in [2.45, 2.75) is 130 Å². The van der Waals surface area contributed by atoms with Crippen LogP contribution in [0.15, 0.2) is 36.4 Å². The van der Waals surface area contributed by atoms with E-state index in [1.54, 1.807) is 33.8 Å². The largest absolute Gasteiger partial charge is 0.480 e. The third-order valence-corrected chi connectivity index (χ3v) is 13.0. The molecule has 1 amide bonds. The highest BCUT2D eigenvalue weighted by molar-refractivity contribution is 6.32. The summed E-state index contributed by atoms with van der Waals surface area (Å²) < 4.78 is 5.55. The fourth-order valence-electron chi connectivity index (χ4n) is 8.58. The number of nitrogens with zero attached hydrogens (tertiary/aromatic N) is 3. The molecule has 4 saturated heterocycles. The molecular formula is C47H62Cl2N4O6. The molecular weight excluding hydrogens is 787 g/mol. The molecule has 4 aliphatic heterocycles. The van der Waals surface area contributed by atoms with Gasteiger partial charge in [-0.2, -0.15) is 0 Å². The van der Waals surface area contributed by atoms with E-state index in [1.165, 1.54) is 25.7 Å². The number of piperidine rings is 2. The smallest absolute Gasteiger partial charge is 0.410 e. The molecule has 0 atom stereocenters. The maximum Gasteiger partial charge on any atom is 0.410 e. The van der Waals surface area contributed by atoms with E-state index < -0.39 is 28.4 Å². The molecule has 59 heavy (non-hydrogen) atoms. The first-order valence-corrected chi connectivity index (χ1v) is 21.7. The number of carbonyl (C=O) groups is 3. The number of carboxylic acids is 2. The molecule has 12 heteroatoms. The number of hydrogen-bond acceptors (Lipinski definition) is 7. The Morgan fingerprint density at radius 3 is 1.51 bits per heavy atom. The Kier molecular flexibility index (Phi) is 14.8. The Hall–Kier alpha value is -3.77. The van der Waals surface area contributed by atoms with Gasteiger partial charge >= 0.3 is 18.0 Å². The lowest BCUT2D eigenvalue weighted by Crippen LogP contribution is -2.53. The molecule has 6 rings (SSSR count). The second kappa shape index (κ2) is 18.9. The third kappa shape index (κ3) is 11.5. The highest BCUT2D eigenvalue weighted by Crippen LogP contribution is 2.41. The van der Waals surface area contributed by atoms with E-state index in [4.69, 9.17) is 27.9 Å². The predicted octanol–water partition coefficient (Wildman–Crippen LogP) is 8.69. The van der Waals surface area contributed by atoms with Gasteiger partial charge in [-0.05, 0) is 149 Å². The van der Waals surface area contributed by atoms with E-state index in [2.05, 4.69) is 44.9 Å². The van der Waals surface area contributed by atoms with Crippen LogP contribution in [0.2, 0.25) is 10.0 Å². The average Bonchev–Trinajstić information content (AvgIpc) is 3.73. The zero-order valence-corrected chi connectivity index (χ0v) is 37.4. The van der Waals surface area contributed by atoms with Crippen LogP contribution in [-0.4, -0.2) is 98.9 Å². The second-order valence-electron chi connectivity index (χ2n) is 18.6. The molecule has 0 aromatic heterocycles. The summed E-state index contributed by atoms with van der Waals surface area (Å²) in [7, 11) is 0. The van der Waals surface area contributed by atoms with Gasteiger partial charge in [0.25, 0.3) is 0 Å². The lowest BCUT2D eigenvalue weighted by atomic mass is 9.84. The Bertz CT molecular complexity index is 1990. The lowest BCUT2D eigenvalue weighted by molar-refractivity contribution is -0.144. The first-order chi connectivity index (χ1) is 27.7. The molecule has 4 heterocycles. The van der Waals surface area contributed by atoms with Crippen molar-refractivity contribution >= 4 is 41.2 Å². The van der Waals surface area contributed by atoms with Crippen LogP contribution in [0.1, 0.15) is 122 Å². The minimum absolute atomic E-state index is 0.0475. The third-order valence-electron chi connectivity index (χ3n) is 12.4. The van der Waals surface area contributed by atoms with Gasteiger partial charge in [0, 0.05) is 48.4 Å². The van der Waals surface area contributed by atoms with Crippen molar-refractivity contribution in [1.82, 2.24) is 20.0 Å². The van der Waals surface area contributed by atoms with Crippen molar-refractivity contribution in [2.75, 3.05) is 39.3 Å². The van der Waals surface area contributed by atoms with E-state index >= 15 is 0 Å². The number of hydrogen-bond donors (Lipinski definition) is 3. The number of ether oxygens (including phenoxy) is 1. The molecule has 10 nitrogen and oxygen atoms in total. The van der Waals surface area contributed by atoms with Crippen molar-refractivity contribution in [3.05, 3.63) is 68.7 Å². The van der Waals surface area contributed by atoms with Crippen LogP contribution < -0.4 is 5.32 Å². The van der Waals surface area contributed by atoms with Crippen molar-refractivity contribution in [3.8, 4) is 23.7 Å². The summed E-state index contributed by atoms with van der Waals surface area (Å²) in [6, 6.07) is 11.6. The van der Waals surface area contributed by atoms with Crippen LogP contribution in [0.25, 0.3) is 0 Å². The van der Waals surface area contributed by atoms with Gasteiger partial charge in [-0.1, -0.05) is 71.1 Å². The molecule has 2 aromatic rings. The SMILES string of the molecule is CC(C)(C#Cc1c(Cl)cccc1CN1CCCC12CCNCC2)C(=O)O.CC(C)(C)OC(=O)N1CCC2(CCCN2Cc2cccc(Cl)c2C#CC(C)(C)C(=O)O)CC1. The Morgan fingerprint density at radius 1 is 0.678 bits per heavy atom. The molecule has 4 fully saturated rings. The molecule has 0 aliphatic carbocycles. The van der Waals surface area contributed by atoms with E-state index in [1.807, 2.05) is 49.9 Å². The van der Waals surface area contributed by atoms with E-state index in [0.717, 1.165) is 75.1 Å². The molecule has 0 radical (unpaired) electrons. The number of carbonyl (C=O) groups excluding carboxylic acids is 1. The van der Waals surface area contributed by atoms with Gasteiger partial charge in [0.2, 0.25) is 0 Å². The minimum Gasteiger partial charge on any atom is -0.480 e. The second-order valence-corrected chi connectivity index (χ2v) is 19.4. The summed E-state index contributed by atoms with van der Waals surface area (Å²) in [5, 5.41) is 23.3. The standard InChI is InChI=1S/C26H35ClN2O4.C21H27ClN2O2/c1-24(2,3)33-23(32)28-16-13-26(14-17-28)11-7-15-29(26)18-19-8-6-9-21(27)20(19)10-12-25(4,5)22(30)31;1-20(2,19(25)26)9-7-17-16(5-3-6-18(17)22)15-24-14-4-8-21(24)10-12-23-13-11-21/h6,8-9H,7,11,13-18H2,1-5H3,(H,30,31);3,5-6,23H,4,8,10-15H2,1-2H3,(H,25,26). The average molecular weight is 850 g/mol. The number of halogens is 2. The van der Waals surface area contributed by atoms with Gasteiger partial charge in [0.05, 0.1) is 10.0 Å². The first kappa shape index (κ1) is 46.3. The normalized spacial score (nSPS) is 19.2. The fourth-order valence-corrected chi connectivity index (χ4v) is 9.06. The quantitative estimate of drug-likeness (QED) is 0.245. The molecule has 2 aromatic carbocycles. The topological polar surface area (TPSA) is 123 Å². The summed E-state index contributed by atoms with van der Waals surface area (Å²) in [6.45, 7) is 19.2. The molecule has 4 aliphatic rings. The van der Waals surface area contributed by atoms with Gasteiger partial charge in [-0.25, -0.2) is 4.79 Å². The van der Waals surface area contributed by atoms with Crippen molar-refractivity contribution in [3.63, 3.8) is 0 Å². The highest BCUT2D eigenvalue weighted by Gasteiger charge is 2.45. The summed E-state index contributed by atoms with van der Waals surface area (Å²) in [6.07, 6.45) is 8.62. The predicted molar refractivity (Wildman–Crippen MR) is 233 cm³/mol. The van der Waals surface area contributed by atoms with Crippen LogP contribution in [0.3, 0.4) is 0 Å². The van der Waals surface area contributed by atoms with Crippen molar-refractivity contribution in [2.24, 2.45) is 10.8 Å². The highest BCUT2D eigenvalue weighted by atomic mass is 35.5. The maximum absolute atomic E-state index is 12.5. The number of rotatable bonds is 6. The molecule has 0 unspecified atom stereocenters. The number of nitrogens with one attached hydrogen (secondary N) is 1. The lowest BCUT2D eigenvalue weighted by Gasteiger charge is -2.45. The number of aliphatic carboxylic acids is 2. The van der Waals surface area contributed by atoms with Gasteiger partial charge in [0.15, 0.2) is 0 Å². The molecule has 2 spiro atoms. The van der Waals surface area contributed by atoms with Crippen molar-refractivity contribution < 1.29 is 29.3 Å². The van der Waals surface area contributed by atoms with Gasteiger partial charge in [-0.3, -0.25) is 19.4 Å². The summed E-state index contributed by atoms with van der Waals surface area (Å²) in [5.74, 6) is 10.0. The van der Waals surface area contributed by atoms with Gasteiger partial charge in [-0.15, -0.1) is 0 Å². The van der Waals surface area contributed by atoms with E-state index in [-0.39, 0.29) is 11.6 Å².